The number of hydrogen-bond acceptors (Lipinski definition) is 5. The van der Waals surface area contributed by atoms with Crippen molar-refractivity contribution in [1.29, 1.82) is 0 Å². The number of H-pyrrole nitrogens is 1. The van der Waals surface area contributed by atoms with Crippen LogP contribution in [-0.4, -0.2) is 30.5 Å². The van der Waals surface area contributed by atoms with Gasteiger partial charge in [-0.2, -0.15) is 0 Å². The fraction of sp³-hybridized carbons (Fsp3) is 0. The molecule has 2 aromatic carbocycles. The highest BCUT2D eigenvalue weighted by atomic mass is 19.1. The van der Waals surface area contributed by atoms with Crippen molar-refractivity contribution in [3.05, 3.63) is 70.5 Å². The van der Waals surface area contributed by atoms with E-state index >= 15 is 0 Å². The quantitative estimate of drug-likeness (QED) is 0.509. The lowest BCUT2D eigenvalue weighted by atomic mass is 10.2. The van der Waals surface area contributed by atoms with Gasteiger partial charge in [0.05, 0.1) is 11.3 Å². The average Bonchev–Trinajstić information content (AvgIpc) is 2.97. The van der Waals surface area contributed by atoms with E-state index in [-0.39, 0.29) is 34.0 Å². The largest absolute Gasteiger partial charge is 0.507 e. The maximum atomic E-state index is 13.2. The summed E-state index contributed by atoms with van der Waals surface area (Å²) in [5.74, 6) is -1.41. The summed E-state index contributed by atoms with van der Waals surface area (Å²) in [5, 5.41) is 10.1. The molecule has 134 valence electrons. The number of nitrogens with one attached hydrogen (secondary N) is 1. The molecule has 0 fully saturated rings. The number of carbonyl (C=O) groups is 1. The molecular formula is C18H12FN5O3. The minimum Gasteiger partial charge on any atom is -0.507 e. The number of hydrogen-bond donors (Lipinski definition) is 3. The van der Waals surface area contributed by atoms with Crippen LogP contribution in [0.15, 0.2) is 53.3 Å². The molecule has 0 unspecified atom stereocenters. The maximum Gasteiger partial charge on any atom is 0.332 e. The molecule has 8 nitrogen and oxygen atoms in total. The number of benzene rings is 2. The third kappa shape index (κ3) is 2.71. The van der Waals surface area contributed by atoms with E-state index in [4.69, 9.17) is 5.73 Å². The molecule has 0 spiro atoms. The van der Waals surface area contributed by atoms with Gasteiger partial charge in [0.15, 0.2) is 17.2 Å². The molecule has 0 saturated heterocycles. The monoisotopic (exact) mass is 365 g/mol. The number of imidazole rings is 1. The van der Waals surface area contributed by atoms with E-state index in [1.54, 1.807) is 18.2 Å². The number of carbonyl (C=O) groups excluding carboxylic acids is 1. The highest BCUT2D eigenvalue weighted by molar-refractivity contribution is 6.02. The van der Waals surface area contributed by atoms with E-state index in [1.165, 1.54) is 34.9 Å². The summed E-state index contributed by atoms with van der Waals surface area (Å²) in [6.07, 6.45) is 0. The van der Waals surface area contributed by atoms with Crippen molar-refractivity contribution in [2.75, 3.05) is 0 Å². The topological polar surface area (TPSA) is 127 Å². The fourth-order valence-corrected chi connectivity index (χ4v) is 2.78. The van der Waals surface area contributed by atoms with Crippen LogP contribution in [0.1, 0.15) is 10.5 Å². The van der Waals surface area contributed by atoms with E-state index in [9.17, 15) is 19.1 Å². The molecule has 27 heavy (non-hydrogen) atoms. The molecule has 2 heterocycles. The lowest BCUT2D eigenvalue weighted by Crippen LogP contribution is -2.15. The summed E-state index contributed by atoms with van der Waals surface area (Å²) in [7, 11) is 0. The Morgan fingerprint density at radius 1 is 1.11 bits per heavy atom. The van der Waals surface area contributed by atoms with Crippen LogP contribution in [0.25, 0.3) is 28.2 Å². The zero-order chi connectivity index (χ0) is 19.1. The molecule has 0 aliphatic rings. The molecule has 0 saturated carbocycles. The van der Waals surface area contributed by atoms with Gasteiger partial charge in [0.1, 0.15) is 17.1 Å². The number of primary amides is 1. The number of para-hydroxylation sites is 1. The second kappa shape index (κ2) is 6.06. The molecule has 4 rings (SSSR count). The Morgan fingerprint density at radius 3 is 2.48 bits per heavy atom. The first-order chi connectivity index (χ1) is 13.0. The van der Waals surface area contributed by atoms with Crippen LogP contribution < -0.4 is 11.4 Å². The summed E-state index contributed by atoms with van der Waals surface area (Å²) >= 11 is 0. The van der Waals surface area contributed by atoms with Crippen molar-refractivity contribution in [3.8, 4) is 22.8 Å². The number of aromatic hydroxyl groups is 1. The van der Waals surface area contributed by atoms with Crippen LogP contribution in [0.4, 0.5) is 4.39 Å². The van der Waals surface area contributed by atoms with E-state index < -0.39 is 17.4 Å². The van der Waals surface area contributed by atoms with Crippen molar-refractivity contribution in [3.63, 3.8) is 0 Å². The van der Waals surface area contributed by atoms with Crippen LogP contribution in [-0.2, 0) is 0 Å². The third-order valence-corrected chi connectivity index (χ3v) is 4.00. The number of phenolic OH excluding ortho intramolecular Hbond substituents is 1. The zero-order valence-corrected chi connectivity index (χ0v) is 13.7. The van der Waals surface area contributed by atoms with E-state index in [1.807, 2.05) is 0 Å². The van der Waals surface area contributed by atoms with Gasteiger partial charge in [-0.25, -0.2) is 23.7 Å². The smallest absolute Gasteiger partial charge is 0.332 e. The molecular weight excluding hydrogens is 353 g/mol. The first-order valence-corrected chi connectivity index (χ1v) is 7.82. The van der Waals surface area contributed by atoms with Crippen molar-refractivity contribution in [2.45, 2.75) is 0 Å². The molecule has 4 aromatic rings. The summed E-state index contributed by atoms with van der Waals surface area (Å²) in [6.45, 7) is 0. The zero-order valence-electron chi connectivity index (χ0n) is 13.7. The summed E-state index contributed by atoms with van der Waals surface area (Å²) in [6, 6.07) is 11.5. The molecule has 0 aliphatic carbocycles. The Labute approximate surface area is 150 Å². The van der Waals surface area contributed by atoms with Crippen LogP contribution in [0.5, 0.6) is 5.75 Å². The normalized spacial score (nSPS) is 11.0. The number of rotatable bonds is 3. The number of amides is 1. The third-order valence-electron chi connectivity index (χ3n) is 4.00. The first kappa shape index (κ1) is 16.5. The van der Waals surface area contributed by atoms with Gasteiger partial charge < -0.3 is 15.8 Å². The Balaban J connectivity index is 2.08. The second-order valence-corrected chi connectivity index (χ2v) is 5.72. The summed E-state index contributed by atoms with van der Waals surface area (Å²) < 4.78 is 14.4. The number of halogens is 1. The lowest BCUT2D eigenvalue weighted by molar-refractivity contribution is 0.0997. The van der Waals surface area contributed by atoms with Crippen LogP contribution in [0.3, 0.4) is 0 Å². The molecule has 0 bridgehead atoms. The average molecular weight is 365 g/mol. The first-order valence-electron chi connectivity index (χ1n) is 7.82. The van der Waals surface area contributed by atoms with Gasteiger partial charge in [-0.3, -0.25) is 4.79 Å². The van der Waals surface area contributed by atoms with E-state index in [0.29, 0.717) is 5.69 Å². The predicted molar refractivity (Wildman–Crippen MR) is 95.1 cm³/mol. The van der Waals surface area contributed by atoms with Crippen molar-refractivity contribution < 1.29 is 14.3 Å². The standard InChI is InChI=1S/C18H12FN5O3/c19-9-5-7-10(8-6-9)24-17-14(22-18(24)27)13(15(20)26)21-16(23-17)11-3-1-2-4-12(11)25/h1-8,25H,(H2,20,26)(H,22,27). The Hall–Kier alpha value is -4.01. The number of aromatic amines is 1. The molecule has 2 aromatic heterocycles. The second-order valence-electron chi connectivity index (χ2n) is 5.72. The van der Waals surface area contributed by atoms with Gasteiger partial charge in [-0.15, -0.1) is 0 Å². The molecule has 4 N–H and O–H groups in total. The van der Waals surface area contributed by atoms with Crippen molar-refractivity contribution >= 4 is 17.1 Å². The molecule has 1 amide bonds. The molecule has 9 heteroatoms. The molecule has 0 atom stereocenters. The SMILES string of the molecule is NC(=O)c1nc(-c2ccccc2O)nc2c1[nH]c(=O)n2-c1ccc(F)cc1. The number of phenols is 1. The number of nitrogens with zero attached hydrogens (tertiary/aromatic N) is 3. The Kier molecular flexibility index (Phi) is 3.69. The van der Waals surface area contributed by atoms with Gasteiger partial charge >= 0.3 is 5.69 Å². The van der Waals surface area contributed by atoms with Gasteiger partial charge in [-0.1, -0.05) is 12.1 Å². The van der Waals surface area contributed by atoms with Crippen LogP contribution in [0.2, 0.25) is 0 Å². The van der Waals surface area contributed by atoms with Gasteiger partial charge in [0.25, 0.3) is 5.91 Å². The summed E-state index contributed by atoms with van der Waals surface area (Å²) in [4.78, 5) is 35.3. The van der Waals surface area contributed by atoms with Gasteiger partial charge in [-0.05, 0) is 36.4 Å². The van der Waals surface area contributed by atoms with Gasteiger partial charge in [0, 0.05) is 0 Å². The number of fused-ring (bicyclic) bond motifs is 1. The minimum atomic E-state index is -0.869. The van der Waals surface area contributed by atoms with Gasteiger partial charge in [0.2, 0.25) is 0 Å². The fourth-order valence-electron chi connectivity index (χ4n) is 2.78. The lowest BCUT2D eigenvalue weighted by Gasteiger charge is -2.07. The van der Waals surface area contributed by atoms with Crippen LogP contribution in [0, 0.1) is 5.82 Å². The molecule has 0 radical (unpaired) electrons. The highest BCUT2D eigenvalue weighted by Gasteiger charge is 2.21. The van der Waals surface area contributed by atoms with Crippen molar-refractivity contribution in [1.82, 2.24) is 19.5 Å². The maximum absolute atomic E-state index is 13.2. The Morgan fingerprint density at radius 2 is 1.81 bits per heavy atom. The Bertz CT molecular complexity index is 1240. The number of aromatic nitrogens is 4. The minimum absolute atomic E-state index is 0.0178. The summed E-state index contributed by atoms with van der Waals surface area (Å²) in [5.41, 5.74) is 5.35. The van der Waals surface area contributed by atoms with Crippen molar-refractivity contribution in [2.24, 2.45) is 5.73 Å². The van der Waals surface area contributed by atoms with E-state index in [2.05, 4.69) is 15.0 Å². The van der Waals surface area contributed by atoms with Crippen LogP contribution >= 0.6 is 0 Å². The molecule has 0 aliphatic heterocycles. The number of nitrogens with two attached hydrogens (primary N) is 1. The highest BCUT2D eigenvalue weighted by Crippen LogP contribution is 2.28. The predicted octanol–water partition coefficient (Wildman–Crippen LogP) is 1.72. The van der Waals surface area contributed by atoms with E-state index in [0.717, 1.165) is 0 Å².